The number of carbonyl (C=O) groups excluding carboxylic acids is 1. The number of nitrogens with zero attached hydrogens (tertiary/aromatic N) is 3. The number of hydrogen-bond acceptors (Lipinski definition) is 5. The number of hydrogen-bond donors (Lipinski definition) is 1. The van der Waals surface area contributed by atoms with Crippen LogP contribution in [0, 0.1) is 0 Å². The highest BCUT2D eigenvalue weighted by molar-refractivity contribution is 5.84. The Kier molecular flexibility index (Phi) is 3.80. The molecule has 6 heteroatoms. The van der Waals surface area contributed by atoms with Gasteiger partial charge in [-0.3, -0.25) is 4.79 Å². The molecule has 0 radical (unpaired) electrons. The van der Waals surface area contributed by atoms with Crippen LogP contribution in [-0.4, -0.2) is 33.9 Å². The second-order valence-electron chi connectivity index (χ2n) is 3.49. The van der Waals surface area contributed by atoms with E-state index in [9.17, 15) is 4.79 Å². The first-order valence-corrected chi connectivity index (χ1v) is 5.40. The van der Waals surface area contributed by atoms with Crippen molar-refractivity contribution in [2.75, 3.05) is 7.11 Å². The molecular formula is C12H13N4O2+. The van der Waals surface area contributed by atoms with Crippen LogP contribution in [0.4, 0.5) is 0 Å². The van der Waals surface area contributed by atoms with Crippen molar-refractivity contribution in [1.29, 1.82) is 0 Å². The van der Waals surface area contributed by atoms with Gasteiger partial charge in [-0.05, 0) is 6.07 Å². The summed E-state index contributed by atoms with van der Waals surface area (Å²) in [5, 5.41) is 0. The lowest BCUT2D eigenvalue weighted by atomic mass is 10.2. The summed E-state index contributed by atoms with van der Waals surface area (Å²) in [7, 11) is 1.36. The molecule has 1 aromatic rings. The molecule has 0 saturated carbocycles. The number of hydrazine groups is 1. The largest absolute Gasteiger partial charge is 0.469 e. The highest BCUT2D eigenvalue weighted by Gasteiger charge is 2.10. The van der Waals surface area contributed by atoms with Crippen molar-refractivity contribution < 1.29 is 14.2 Å². The molecule has 0 unspecified atom stereocenters. The predicted molar refractivity (Wildman–Crippen MR) is 65.2 cm³/mol. The fourth-order valence-electron chi connectivity index (χ4n) is 1.35. The maximum Gasteiger partial charge on any atom is 0.315 e. The van der Waals surface area contributed by atoms with E-state index in [1.165, 1.54) is 7.11 Å². The monoisotopic (exact) mass is 245 g/mol. The fourth-order valence-corrected chi connectivity index (χ4v) is 1.35. The van der Waals surface area contributed by atoms with Gasteiger partial charge < -0.3 is 4.74 Å². The lowest BCUT2D eigenvalue weighted by Gasteiger charge is -2.04. The zero-order valence-electron chi connectivity index (χ0n) is 9.91. The van der Waals surface area contributed by atoms with Crippen LogP contribution in [0.3, 0.4) is 0 Å². The first-order valence-electron chi connectivity index (χ1n) is 5.40. The van der Waals surface area contributed by atoms with Crippen LogP contribution in [0.5, 0.6) is 0 Å². The molecule has 0 spiro atoms. The maximum atomic E-state index is 11.0. The minimum absolute atomic E-state index is 0.207. The summed E-state index contributed by atoms with van der Waals surface area (Å²) in [4.78, 5) is 19.3. The van der Waals surface area contributed by atoms with Crippen molar-refractivity contribution in [3.05, 3.63) is 42.8 Å². The number of aromatic nitrogens is 2. The van der Waals surface area contributed by atoms with Crippen LogP contribution in [0.1, 0.15) is 12.2 Å². The molecule has 18 heavy (non-hydrogen) atoms. The molecule has 92 valence electrons. The molecule has 0 aliphatic carbocycles. The third kappa shape index (κ3) is 3.00. The molecule has 0 saturated heterocycles. The van der Waals surface area contributed by atoms with Gasteiger partial charge in [0, 0.05) is 24.0 Å². The molecule has 1 aliphatic heterocycles. The topological polar surface area (TPSA) is 67.1 Å². The SMILES string of the molecule is COC(=O)CC=[N+]1C=CC(c2ncccn2)=CN1. The van der Waals surface area contributed by atoms with Gasteiger partial charge in [-0.2, -0.15) is 5.43 Å². The zero-order chi connectivity index (χ0) is 12.8. The van der Waals surface area contributed by atoms with Gasteiger partial charge >= 0.3 is 5.97 Å². The molecule has 0 bridgehead atoms. The number of hydrazone groups is 1. The summed E-state index contributed by atoms with van der Waals surface area (Å²) in [6.07, 6.45) is 10.7. The number of carbonyl (C=O) groups is 1. The summed E-state index contributed by atoms with van der Waals surface area (Å²) in [6, 6.07) is 1.76. The van der Waals surface area contributed by atoms with Crippen LogP contribution in [0.25, 0.3) is 5.57 Å². The second kappa shape index (κ2) is 5.72. The average Bonchev–Trinajstić information content (AvgIpc) is 2.46. The van der Waals surface area contributed by atoms with Crippen LogP contribution < -0.4 is 5.43 Å². The Bertz CT molecular complexity index is 520. The van der Waals surface area contributed by atoms with Crippen molar-refractivity contribution >= 4 is 17.8 Å². The van der Waals surface area contributed by atoms with E-state index in [2.05, 4.69) is 20.1 Å². The lowest BCUT2D eigenvalue weighted by molar-refractivity contribution is -0.507. The maximum absolute atomic E-state index is 11.0. The van der Waals surface area contributed by atoms with Crippen LogP contribution in [-0.2, 0) is 9.53 Å². The van der Waals surface area contributed by atoms with Crippen molar-refractivity contribution in [2.24, 2.45) is 0 Å². The lowest BCUT2D eigenvalue weighted by Crippen LogP contribution is -2.24. The second-order valence-corrected chi connectivity index (χ2v) is 3.49. The Balaban J connectivity index is 2.01. The van der Waals surface area contributed by atoms with Crippen LogP contribution >= 0.6 is 0 Å². The Hall–Kier alpha value is -2.50. The minimum atomic E-state index is -0.286. The Labute approximate surface area is 104 Å². The van der Waals surface area contributed by atoms with Gasteiger partial charge in [-0.1, -0.05) is 4.68 Å². The third-order valence-corrected chi connectivity index (χ3v) is 2.29. The third-order valence-electron chi connectivity index (χ3n) is 2.29. The molecular weight excluding hydrogens is 232 g/mol. The first kappa shape index (κ1) is 12.0. The molecule has 0 fully saturated rings. The number of allylic oxidation sites excluding steroid dienone is 2. The zero-order valence-corrected chi connectivity index (χ0v) is 9.91. The molecule has 1 aromatic heterocycles. The average molecular weight is 245 g/mol. The summed E-state index contributed by atoms with van der Waals surface area (Å²) < 4.78 is 6.22. The van der Waals surface area contributed by atoms with E-state index in [4.69, 9.17) is 0 Å². The molecule has 2 heterocycles. The van der Waals surface area contributed by atoms with Crippen molar-refractivity contribution in [1.82, 2.24) is 15.4 Å². The quantitative estimate of drug-likeness (QED) is 0.620. The normalized spacial score (nSPS) is 16.1. The summed E-state index contributed by atoms with van der Waals surface area (Å²) >= 11 is 0. The molecule has 2 rings (SSSR count). The van der Waals surface area contributed by atoms with Gasteiger partial charge in [0.05, 0.1) is 13.3 Å². The number of esters is 1. The van der Waals surface area contributed by atoms with Gasteiger partial charge in [0.15, 0.2) is 18.2 Å². The predicted octanol–water partition coefficient (Wildman–Crippen LogP) is 0.496. The number of nitrogens with one attached hydrogen (secondary N) is 1. The van der Waals surface area contributed by atoms with E-state index >= 15 is 0 Å². The Morgan fingerprint density at radius 1 is 1.50 bits per heavy atom. The van der Waals surface area contributed by atoms with Gasteiger partial charge in [0.25, 0.3) is 0 Å². The van der Waals surface area contributed by atoms with Crippen LogP contribution in [0.2, 0.25) is 0 Å². The highest BCUT2D eigenvalue weighted by Crippen LogP contribution is 2.10. The van der Waals surface area contributed by atoms with E-state index in [0.29, 0.717) is 5.82 Å². The van der Waals surface area contributed by atoms with E-state index in [0.717, 1.165) is 5.57 Å². The Morgan fingerprint density at radius 2 is 2.28 bits per heavy atom. The van der Waals surface area contributed by atoms with E-state index in [1.807, 2.05) is 6.08 Å². The Morgan fingerprint density at radius 3 is 2.89 bits per heavy atom. The summed E-state index contributed by atoms with van der Waals surface area (Å²) in [6.45, 7) is 0. The molecule has 0 amide bonds. The fraction of sp³-hybridized carbons (Fsp3) is 0.167. The molecule has 1 aliphatic rings. The van der Waals surface area contributed by atoms with E-state index in [-0.39, 0.29) is 12.4 Å². The van der Waals surface area contributed by atoms with Crippen molar-refractivity contribution in [2.45, 2.75) is 6.42 Å². The molecule has 0 aromatic carbocycles. The van der Waals surface area contributed by atoms with Gasteiger partial charge in [0.1, 0.15) is 6.42 Å². The van der Waals surface area contributed by atoms with Gasteiger partial charge in [-0.25, -0.2) is 9.97 Å². The van der Waals surface area contributed by atoms with E-state index in [1.54, 1.807) is 41.8 Å². The van der Waals surface area contributed by atoms with Crippen LogP contribution in [0.15, 0.2) is 36.9 Å². The summed E-state index contributed by atoms with van der Waals surface area (Å²) in [5.41, 5.74) is 3.86. The highest BCUT2D eigenvalue weighted by atomic mass is 16.5. The first-order chi connectivity index (χ1) is 8.79. The van der Waals surface area contributed by atoms with Crippen molar-refractivity contribution in [3.63, 3.8) is 0 Å². The van der Waals surface area contributed by atoms with Crippen molar-refractivity contribution in [3.8, 4) is 0 Å². The molecule has 1 N–H and O–H groups in total. The summed E-state index contributed by atoms with van der Waals surface area (Å²) in [5.74, 6) is 0.361. The molecule has 6 nitrogen and oxygen atoms in total. The number of rotatable bonds is 3. The minimum Gasteiger partial charge on any atom is -0.469 e. The van der Waals surface area contributed by atoms with Gasteiger partial charge in [-0.15, -0.1) is 0 Å². The number of methoxy groups -OCH3 is 1. The van der Waals surface area contributed by atoms with Gasteiger partial charge in [0.2, 0.25) is 0 Å². The molecule has 0 atom stereocenters. The number of ether oxygens (including phenoxy) is 1. The standard InChI is InChI=1S/C12H13N4O2/c1-18-11(17)4-8-16-7-3-10(9-15-16)12-13-5-2-6-14-12/h2-3,5-9,15H,4H2,1H3/q+1. The smallest absolute Gasteiger partial charge is 0.315 e. The van der Waals surface area contributed by atoms with E-state index < -0.39 is 0 Å².